The molecule has 2 aliphatic rings. The minimum absolute atomic E-state index is 0.0449. The molecule has 0 saturated carbocycles. The highest BCUT2D eigenvalue weighted by atomic mass is 16.3. The molecule has 1 spiro atoms. The summed E-state index contributed by atoms with van der Waals surface area (Å²) in [4.78, 5) is 4.66. The summed E-state index contributed by atoms with van der Waals surface area (Å²) in [6.45, 7) is 4.65. The molecule has 0 aliphatic carbocycles. The summed E-state index contributed by atoms with van der Waals surface area (Å²) in [6.07, 6.45) is 3.75. The molecule has 0 aromatic heterocycles. The number of likely N-dealkylation sites (tertiary alicyclic amines) is 2. The highest BCUT2D eigenvalue weighted by molar-refractivity contribution is 4.93. The van der Waals surface area contributed by atoms with E-state index in [1.807, 2.05) is 0 Å². The third-order valence-corrected chi connectivity index (χ3v) is 4.43. The van der Waals surface area contributed by atoms with Crippen LogP contribution in [0.5, 0.6) is 0 Å². The van der Waals surface area contributed by atoms with Crippen LogP contribution in [0.4, 0.5) is 0 Å². The van der Waals surface area contributed by atoms with E-state index in [-0.39, 0.29) is 19.3 Å². The van der Waals surface area contributed by atoms with Crippen molar-refractivity contribution >= 4 is 0 Å². The molecule has 4 heteroatoms. The topological polar surface area (TPSA) is 46.9 Å². The largest absolute Gasteiger partial charge is 0.395 e. The molecule has 4 nitrogen and oxygen atoms in total. The van der Waals surface area contributed by atoms with E-state index in [1.165, 1.54) is 32.4 Å². The number of hydrogen-bond donors (Lipinski definition) is 2. The molecule has 2 saturated heterocycles. The summed E-state index contributed by atoms with van der Waals surface area (Å²) >= 11 is 0. The smallest absolute Gasteiger partial charge is 0.0609 e. The number of aliphatic hydroxyl groups is 2. The van der Waals surface area contributed by atoms with Crippen LogP contribution >= 0.6 is 0 Å². The van der Waals surface area contributed by atoms with Gasteiger partial charge in [-0.2, -0.15) is 0 Å². The highest BCUT2D eigenvalue weighted by Gasteiger charge is 2.40. The van der Waals surface area contributed by atoms with E-state index >= 15 is 0 Å². The van der Waals surface area contributed by atoms with Crippen LogP contribution in [0.25, 0.3) is 0 Å². The van der Waals surface area contributed by atoms with Gasteiger partial charge in [0.05, 0.1) is 19.3 Å². The fourth-order valence-corrected chi connectivity index (χ4v) is 3.22. The van der Waals surface area contributed by atoms with E-state index in [0.29, 0.717) is 5.41 Å². The third kappa shape index (κ3) is 2.40. The predicted molar refractivity (Wildman–Crippen MR) is 63.3 cm³/mol. The molecule has 0 unspecified atom stereocenters. The first-order valence-electron chi connectivity index (χ1n) is 6.33. The second kappa shape index (κ2) is 5.00. The summed E-state index contributed by atoms with van der Waals surface area (Å²) in [6, 6.07) is -0.0449. The zero-order valence-corrected chi connectivity index (χ0v) is 10.2. The molecule has 2 rings (SSSR count). The number of aliphatic hydroxyl groups excluding tert-OH is 2. The van der Waals surface area contributed by atoms with Crippen LogP contribution in [0, 0.1) is 5.41 Å². The fourth-order valence-electron chi connectivity index (χ4n) is 3.22. The van der Waals surface area contributed by atoms with Crippen molar-refractivity contribution in [1.29, 1.82) is 0 Å². The van der Waals surface area contributed by atoms with Gasteiger partial charge in [-0.25, -0.2) is 0 Å². The lowest BCUT2D eigenvalue weighted by molar-refractivity contribution is 0.0260. The van der Waals surface area contributed by atoms with Gasteiger partial charge in [0.1, 0.15) is 0 Å². The highest BCUT2D eigenvalue weighted by Crippen LogP contribution is 2.39. The molecule has 0 bridgehead atoms. The van der Waals surface area contributed by atoms with Crippen LogP contribution in [0.2, 0.25) is 0 Å². The average Bonchev–Trinajstić information content (AvgIpc) is 2.65. The van der Waals surface area contributed by atoms with Crippen LogP contribution in [-0.2, 0) is 0 Å². The summed E-state index contributed by atoms with van der Waals surface area (Å²) in [7, 11) is 2.20. The van der Waals surface area contributed by atoms with Gasteiger partial charge in [-0.05, 0) is 51.4 Å². The van der Waals surface area contributed by atoms with Gasteiger partial charge >= 0.3 is 0 Å². The molecule has 2 aliphatic heterocycles. The van der Waals surface area contributed by atoms with Crippen LogP contribution in [0.15, 0.2) is 0 Å². The summed E-state index contributed by atoms with van der Waals surface area (Å²) in [5, 5.41) is 18.3. The van der Waals surface area contributed by atoms with E-state index in [4.69, 9.17) is 10.2 Å². The molecule has 0 radical (unpaired) electrons. The molecule has 0 amide bonds. The second-order valence-electron chi connectivity index (χ2n) is 5.54. The monoisotopic (exact) mass is 228 g/mol. The van der Waals surface area contributed by atoms with Gasteiger partial charge in [0.15, 0.2) is 0 Å². The van der Waals surface area contributed by atoms with Crippen molar-refractivity contribution in [2.24, 2.45) is 5.41 Å². The Bertz CT molecular complexity index is 223. The van der Waals surface area contributed by atoms with Crippen LogP contribution in [0.1, 0.15) is 19.3 Å². The molecular weight excluding hydrogens is 204 g/mol. The minimum Gasteiger partial charge on any atom is -0.395 e. The zero-order chi connectivity index (χ0) is 11.6. The molecule has 0 aromatic carbocycles. The maximum Gasteiger partial charge on any atom is 0.0609 e. The van der Waals surface area contributed by atoms with Gasteiger partial charge in [0, 0.05) is 6.54 Å². The molecule has 0 atom stereocenters. The maximum atomic E-state index is 9.17. The van der Waals surface area contributed by atoms with Crippen molar-refractivity contribution in [3.63, 3.8) is 0 Å². The number of piperidine rings is 1. The summed E-state index contributed by atoms with van der Waals surface area (Å²) in [5.74, 6) is 0. The molecular formula is C12H24N2O2. The molecule has 94 valence electrons. The second-order valence-corrected chi connectivity index (χ2v) is 5.54. The van der Waals surface area contributed by atoms with Crippen molar-refractivity contribution in [2.75, 3.05) is 46.4 Å². The van der Waals surface area contributed by atoms with Crippen LogP contribution in [-0.4, -0.2) is 72.5 Å². The van der Waals surface area contributed by atoms with E-state index in [9.17, 15) is 0 Å². The molecule has 2 fully saturated rings. The Morgan fingerprint density at radius 3 is 2.06 bits per heavy atom. The lowest BCUT2D eigenvalue weighted by Gasteiger charge is -2.41. The molecule has 0 aromatic rings. The Morgan fingerprint density at radius 2 is 1.62 bits per heavy atom. The van der Waals surface area contributed by atoms with Crippen molar-refractivity contribution in [3.05, 3.63) is 0 Å². The Hall–Kier alpha value is -0.160. The van der Waals surface area contributed by atoms with Crippen LogP contribution < -0.4 is 0 Å². The summed E-state index contributed by atoms with van der Waals surface area (Å²) in [5.41, 5.74) is 0.528. The Balaban J connectivity index is 1.87. The molecule has 16 heavy (non-hydrogen) atoms. The van der Waals surface area contributed by atoms with Crippen molar-refractivity contribution in [2.45, 2.75) is 25.3 Å². The predicted octanol–water partition coefficient (Wildman–Crippen LogP) is -0.243. The standard InChI is InChI=1S/C12H24N2O2/c1-13-5-2-12(10-13)3-6-14(7-4-12)11(8-15)9-16/h11,15-16H,2-10H2,1H3. The first-order valence-corrected chi connectivity index (χ1v) is 6.33. The van der Waals surface area contributed by atoms with Crippen LogP contribution in [0.3, 0.4) is 0 Å². The van der Waals surface area contributed by atoms with Crippen molar-refractivity contribution in [3.8, 4) is 0 Å². The minimum atomic E-state index is -0.0449. The summed E-state index contributed by atoms with van der Waals surface area (Å²) < 4.78 is 0. The first kappa shape index (κ1) is 12.3. The Labute approximate surface area is 97.9 Å². The first-order chi connectivity index (χ1) is 7.69. The SMILES string of the molecule is CN1CCC2(CCN(C(CO)CO)CC2)C1. The zero-order valence-electron chi connectivity index (χ0n) is 10.2. The van der Waals surface area contributed by atoms with Gasteiger partial charge in [-0.1, -0.05) is 0 Å². The van der Waals surface area contributed by atoms with E-state index in [2.05, 4.69) is 16.8 Å². The maximum absolute atomic E-state index is 9.17. The van der Waals surface area contributed by atoms with Gasteiger partial charge < -0.3 is 15.1 Å². The van der Waals surface area contributed by atoms with Gasteiger partial charge in [-0.15, -0.1) is 0 Å². The van der Waals surface area contributed by atoms with Gasteiger partial charge in [0.25, 0.3) is 0 Å². The fraction of sp³-hybridized carbons (Fsp3) is 1.00. The normalized spacial score (nSPS) is 27.0. The number of hydrogen-bond acceptors (Lipinski definition) is 4. The lowest BCUT2D eigenvalue weighted by Crippen LogP contribution is -2.48. The third-order valence-electron chi connectivity index (χ3n) is 4.43. The number of rotatable bonds is 3. The Morgan fingerprint density at radius 1 is 1.06 bits per heavy atom. The van der Waals surface area contributed by atoms with E-state index in [0.717, 1.165) is 13.1 Å². The van der Waals surface area contributed by atoms with E-state index < -0.39 is 0 Å². The molecule has 2 N–H and O–H groups in total. The Kier molecular flexibility index (Phi) is 3.85. The quantitative estimate of drug-likeness (QED) is 0.700. The van der Waals surface area contributed by atoms with Gasteiger partial charge in [-0.3, -0.25) is 4.90 Å². The van der Waals surface area contributed by atoms with E-state index in [1.54, 1.807) is 0 Å². The van der Waals surface area contributed by atoms with Crippen molar-refractivity contribution in [1.82, 2.24) is 9.80 Å². The van der Waals surface area contributed by atoms with Gasteiger partial charge in [0.2, 0.25) is 0 Å². The molecule has 2 heterocycles. The van der Waals surface area contributed by atoms with Crippen molar-refractivity contribution < 1.29 is 10.2 Å². The lowest BCUT2D eigenvalue weighted by atomic mass is 9.77. The average molecular weight is 228 g/mol. The number of nitrogens with zero attached hydrogens (tertiary/aromatic N) is 2.